The summed E-state index contributed by atoms with van der Waals surface area (Å²) in [7, 11) is 0. The molecule has 5 nitrogen and oxygen atoms in total. The van der Waals surface area contributed by atoms with Gasteiger partial charge < -0.3 is 16.4 Å². The topological polar surface area (TPSA) is 84.2 Å². The molecule has 0 aliphatic heterocycles. The first-order valence-corrected chi connectivity index (χ1v) is 6.24. The molecule has 0 radical (unpaired) electrons. The Morgan fingerprint density at radius 3 is 2.57 bits per heavy atom. The summed E-state index contributed by atoms with van der Waals surface area (Å²) >= 11 is 0. The summed E-state index contributed by atoms with van der Waals surface area (Å²) in [5.74, 6) is -1.44. The predicted octanol–water partition coefficient (Wildman–Crippen LogP) is 1.98. The number of nitrogens with two attached hydrogens (primary N) is 1. The molecule has 0 saturated carbocycles. The second kappa shape index (κ2) is 6.51. The van der Waals surface area contributed by atoms with E-state index in [1.807, 2.05) is 0 Å². The molecular weight excluding hydrogens is 273 g/mol. The Bertz CT molecular complexity index is 673. The van der Waals surface area contributed by atoms with Crippen LogP contribution in [0.15, 0.2) is 48.5 Å². The molecule has 0 heterocycles. The second-order valence-corrected chi connectivity index (χ2v) is 4.33. The summed E-state index contributed by atoms with van der Waals surface area (Å²) in [5.41, 5.74) is 6.21. The van der Waals surface area contributed by atoms with Gasteiger partial charge in [0.25, 0.3) is 0 Å². The molecule has 0 spiro atoms. The Hall–Kier alpha value is -2.89. The molecule has 21 heavy (non-hydrogen) atoms. The maximum atomic E-state index is 13.4. The van der Waals surface area contributed by atoms with Gasteiger partial charge in [-0.3, -0.25) is 9.59 Å². The molecule has 0 aromatic heterocycles. The Labute approximate surface area is 121 Å². The fraction of sp³-hybridized carbons (Fsp3) is 0.0667. The molecule has 0 bridgehead atoms. The van der Waals surface area contributed by atoms with Crippen molar-refractivity contribution in [1.29, 1.82) is 0 Å². The van der Waals surface area contributed by atoms with Gasteiger partial charge in [-0.1, -0.05) is 18.2 Å². The number of primary amides is 1. The highest BCUT2D eigenvalue weighted by atomic mass is 19.1. The van der Waals surface area contributed by atoms with E-state index in [0.717, 1.165) is 0 Å². The van der Waals surface area contributed by atoms with Crippen LogP contribution in [0.2, 0.25) is 0 Å². The van der Waals surface area contributed by atoms with Crippen LogP contribution >= 0.6 is 0 Å². The van der Waals surface area contributed by atoms with E-state index in [1.54, 1.807) is 36.4 Å². The molecule has 2 rings (SSSR count). The van der Waals surface area contributed by atoms with Crippen LogP contribution in [0.1, 0.15) is 10.4 Å². The van der Waals surface area contributed by atoms with E-state index < -0.39 is 17.6 Å². The van der Waals surface area contributed by atoms with Gasteiger partial charge in [-0.05, 0) is 30.3 Å². The highest BCUT2D eigenvalue weighted by Crippen LogP contribution is 2.13. The zero-order valence-corrected chi connectivity index (χ0v) is 11.1. The Morgan fingerprint density at radius 1 is 1.10 bits per heavy atom. The minimum atomic E-state index is -0.547. The molecule has 2 amide bonds. The number of nitrogens with one attached hydrogen (secondary N) is 2. The number of amides is 2. The van der Waals surface area contributed by atoms with Crippen molar-refractivity contribution in [3.05, 3.63) is 59.9 Å². The third-order valence-corrected chi connectivity index (χ3v) is 2.75. The molecular formula is C15H14FN3O2. The highest BCUT2D eigenvalue weighted by molar-refractivity contribution is 5.95. The van der Waals surface area contributed by atoms with Crippen LogP contribution in [0.5, 0.6) is 0 Å². The third kappa shape index (κ3) is 4.04. The van der Waals surface area contributed by atoms with Crippen LogP contribution in [0, 0.1) is 5.82 Å². The van der Waals surface area contributed by atoms with E-state index in [-0.39, 0.29) is 12.2 Å². The molecule has 6 heteroatoms. The molecule has 0 unspecified atom stereocenters. The van der Waals surface area contributed by atoms with Crippen molar-refractivity contribution >= 4 is 23.2 Å². The van der Waals surface area contributed by atoms with Gasteiger partial charge in [0.2, 0.25) is 11.8 Å². The summed E-state index contributed by atoms with van der Waals surface area (Å²) in [5, 5.41) is 5.29. The molecule has 0 aliphatic carbocycles. The zero-order valence-electron chi connectivity index (χ0n) is 11.1. The van der Waals surface area contributed by atoms with E-state index >= 15 is 0 Å². The molecule has 2 aromatic carbocycles. The van der Waals surface area contributed by atoms with Crippen LogP contribution in [0.3, 0.4) is 0 Å². The Morgan fingerprint density at radius 2 is 1.86 bits per heavy atom. The van der Waals surface area contributed by atoms with Gasteiger partial charge in [0.1, 0.15) is 5.82 Å². The SMILES string of the molecule is NC(=O)c1cccc(NCC(=O)Nc2ccccc2F)c1. The molecule has 0 aliphatic rings. The molecule has 0 fully saturated rings. The van der Waals surface area contributed by atoms with E-state index in [4.69, 9.17) is 5.73 Å². The average Bonchev–Trinajstić information content (AvgIpc) is 2.48. The highest BCUT2D eigenvalue weighted by Gasteiger charge is 2.06. The first-order chi connectivity index (χ1) is 10.1. The van der Waals surface area contributed by atoms with Crippen LogP contribution in [-0.2, 0) is 4.79 Å². The number of halogens is 1. The number of para-hydroxylation sites is 1. The third-order valence-electron chi connectivity index (χ3n) is 2.75. The smallest absolute Gasteiger partial charge is 0.248 e. The monoisotopic (exact) mass is 287 g/mol. The van der Waals surface area contributed by atoms with E-state index in [1.165, 1.54) is 12.1 Å². The lowest BCUT2D eigenvalue weighted by Gasteiger charge is -2.09. The van der Waals surface area contributed by atoms with Crippen LogP contribution in [-0.4, -0.2) is 18.4 Å². The predicted molar refractivity (Wildman–Crippen MR) is 78.5 cm³/mol. The van der Waals surface area contributed by atoms with Gasteiger partial charge in [0.15, 0.2) is 0 Å². The number of rotatable bonds is 5. The van der Waals surface area contributed by atoms with Gasteiger partial charge in [-0.2, -0.15) is 0 Å². The minimum Gasteiger partial charge on any atom is -0.376 e. The van der Waals surface area contributed by atoms with Crippen molar-refractivity contribution in [2.24, 2.45) is 5.73 Å². The number of benzene rings is 2. The molecule has 108 valence electrons. The van der Waals surface area contributed by atoms with Crippen molar-refractivity contribution < 1.29 is 14.0 Å². The standard InChI is InChI=1S/C15H14FN3O2/c16-12-6-1-2-7-13(12)19-14(20)9-18-11-5-3-4-10(8-11)15(17)21/h1-8,18H,9H2,(H2,17,21)(H,19,20). The summed E-state index contributed by atoms with van der Waals surface area (Å²) in [4.78, 5) is 22.8. The quantitative estimate of drug-likeness (QED) is 0.786. The molecule has 0 saturated heterocycles. The lowest BCUT2D eigenvalue weighted by Crippen LogP contribution is -2.22. The normalized spacial score (nSPS) is 9.95. The van der Waals surface area contributed by atoms with Crippen LogP contribution < -0.4 is 16.4 Å². The van der Waals surface area contributed by atoms with E-state index in [0.29, 0.717) is 11.3 Å². The lowest BCUT2D eigenvalue weighted by atomic mass is 10.2. The summed E-state index contributed by atoms with van der Waals surface area (Å²) in [6, 6.07) is 12.4. The van der Waals surface area contributed by atoms with E-state index in [2.05, 4.69) is 10.6 Å². The maximum Gasteiger partial charge on any atom is 0.248 e. The van der Waals surface area contributed by atoms with Crippen LogP contribution in [0.4, 0.5) is 15.8 Å². The summed E-state index contributed by atoms with van der Waals surface area (Å²) in [6.45, 7) is -0.0590. The van der Waals surface area contributed by atoms with Gasteiger partial charge in [-0.15, -0.1) is 0 Å². The molecule has 0 atom stereocenters. The minimum absolute atomic E-state index is 0.0590. The summed E-state index contributed by atoms with van der Waals surface area (Å²) < 4.78 is 13.4. The average molecular weight is 287 g/mol. The van der Waals surface area contributed by atoms with Gasteiger partial charge in [0, 0.05) is 11.3 Å². The fourth-order valence-corrected chi connectivity index (χ4v) is 1.72. The number of carbonyl (C=O) groups excluding carboxylic acids is 2. The Balaban J connectivity index is 1.94. The van der Waals surface area contributed by atoms with Crippen molar-refractivity contribution in [1.82, 2.24) is 0 Å². The van der Waals surface area contributed by atoms with Gasteiger partial charge in [0.05, 0.1) is 12.2 Å². The number of anilines is 2. The van der Waals surface area contributed by atoms with Gasteiger partial charge in [-0.25, -0.2) is 4.39 Å². The van der Waals surface area contributed by atoms with Crippen molar-refractivity contribution in [3.63, 3.8) is 0 Å². The molecule has 2 aromatic rings. The first-order valence-electron chi connectivity index (χ1n) is 6.24. The first kappa shape index (κ1) is 14.5. The zero-order chi connectivity index (χ0) is 15.2. The second-order valence-electron chi connectivity index (χ2n) is 4.33. The molecule has 4 N–H and O–H groups in total. The number of carbonyl (C=O) groups is 2. The lowest BCUT2D eigenvalue weighted by molar-refractivity contribution is -0.114. The number of hydrogen-bond donors (Lipinski definition) is 3. The van der Waals surface area contributed by atoms with Crippen molar-refractivity contribution in [3.8, 4) is 0 Å². The maximum absolute atomic E-state index is 13.4. The van der Waals surface area contributed by atoms with Crippen LogP contribution in [0.25, 0.3) is 0 Å². The van der Waals surface area contributed by atoms with Gasteiger partial charge >= 0.3 is 0 Å². The largest absolute Gasteiger partial charge is 0.376 e. The summed E-state index contributed by atoms with van der Waals surface area (Å²) in [6.07, 6.45) is 0. The number of hydrogen-bond acceptors (Lipinski definition) is 3. The Kier molecular flexibility index (Phi) is 4.50. The van der Waals surface area contributed by atoms with Crippen molar-refractivity contribution in [2.75, 3.05) is 17.2 Å². The van der Waals surface area contributed by atoms with E-state index in [9.17, 15) is 14.0 Å². The van der Waals surface area contributed by atoms with Crippen molar-refractivity contribution in [2.45, 2.75) is 0 Å². The fourth-order valence-electron chi connectivity index (χ4n) is 1.72.